The van der Waals surface area contributed by atoms with Crippen LogP contribution in [0.25, 0.3) is 44.8 Å². The van der Waals surface area contributed by atoms with Crippen LogP contribution in [0.1, 0.15) is 107 Å². The number of H-pyrrole nitrogens is 2. The molecule has 5 rings (SSSR count). The van der Waals surface area contributed by atoms with E-state index in [-0.39, 0.29) is 10.8 Å². The van der Waals surface area contributed by atoms with Crippen molar-refractivity contribution in [2.75, 3.05) is 0 Å². The molecule has 2 atom stereocenters. The van der Waals surface area contributed by atoms with Gasteiger partial charge in [0.1, 0.15) is 45.4 Å². The highest BCUT2D eigenvalue weighted by Crippen LogP contribution is 2.37. The van der Waals surface area contributed by atoms with Crippen molar-refractivity contribution in [1.82, 2.24) is 30.6 Å². The van der Waals surface area contributed by atoms with Crippen molar-refractivity contribution >= 4 is 34.1 Å². The predicted octanol–water partition coefficient (Wildman–Crippen LogP) is 9.18. The van der Waals surface area contributed by atoms with Crippen LogP contribution in [0.3, 0.4) is 0 Å². The minimum absolute atomic E-state index is 0.347. The van der Waals surface area contributed by atoms with Crippen LogP contribution in [0.4, 0.5) is 9.59 Å². The van der Waals surface area contributed by atoms with Crippen molar-refractivity contribution in [3.63, 3.8) is 0 Å². The summed E-state index contributed by atoms with van der Waals surface area (Å²) in [5, 5.41) is 7.63. The van der Waals surface area contributed by atoms with Gasteiger partial charge in [-0.2, -0.15) is 0 Å². The molecule has 0 fully saturated rings. The van der Waals surface area contributed by atoms with Crippen LogP contribution in [-0.2, 0) is 9.47 Å². The fourth-order valence-corrected chi connectivity index (χ4v) is 5.30. The van der Waals surface area contributed by atoms with Gasteiger partial charge in [-0.15, -0.1) is 0 Å². The topological polar surface area (TPSA) is 160 Å². The molecule has 1 aromatic carbocycles. The maximum atomic E-state index is 12.6. The molecule has 0 aliphatic rings. The van der Waals surface area contributed by atoms with Crippen LogP contribution >= 0.6 is 0 Å². The number of carbonyl (C=O) groups excluding carboxylic acids is 2. The fraction of sp³-hybridized carbons (Fsp3) is 0.500. The highest BCUT2D eigenvalue weighted by atomic mass is 16.6. The summed E-state index contributed by atoms with van der Waals surface area (Å²) in [5.74, 6) is 2.39. The van der Waals surface area contributed by atoms with Crippen LogP contribution in [0, 0.1) is 10.8 Å². The van der Waals surface area contributed by atoms with Gasteiger partial charge in [-0.3, -0.25) is 0 Å². The first-order chi connectivity index (χ1) is 22.1. The first-order valence-electron chi connectivity index (χ1n) is 16.1. The molecule has 4 N–H and O–H groups in total. The molecule has 12 heteroatoms. The van der Waals surface area contributed by atoms with E-state index >= 15 is 0 Å². The molecule has 0 bridgehead atoms. The molecule has 5 aromatic rings. The SMILES string of the molecule is CC(C)(C)OC(=O)NC(c1ncc(-c2cc3cc4oc(-c5cnc(C(NC(=O)OC(C)(C)C)C(C)(C)C)[nH]5)cc4cc3o2)[nH]1)C(C)(C)C. The number of hydrogen-bond donors (Lipinski definition) is 4. The highest BCUT2D eigenvalue weighted by molar-refractivity contribution is 5.96. The van der Waals surface area contributed by atoms with Gasteiger partial charge in [-0.25, -0.2) is 19.6 Å². The van der Waals surface area contributed by atoms with E-state index in [0.717, 1.165) is 10.8 Å². The summed E-state index contributed by atoms with van der Waals surface area (Å²) in [7, 11) is 0. The number of alkyl carbamates (subject to hydrolysis) is 2. The lowest BCUT2D eigenvalue weighted by molar-refractivity contribution is 0.0448. The number of carbonyl (C=O) groups is 2. The Labute approximate surface area is 280 Å². The van der Waals surface area contributed by atoms with Crippen molar-refractivity contribution in [3.05, 3.63) is 48.3 Å². The largest absolute Gasteiger partial charge is 0.454 e. The molecule has 258 valence electrons. The number of nitrogens with one attached hydrogen (secondary N) is 4. The standard InChI is InChI=1S/C36H48N6O6/c1-33(2,3)27(41-31(43)47-35(7,8)9)29-37-17-21(39-29)25-15-19-13-24-20(14-23(19)45-25)16-26(46-24)22-18-38-30(40-22)28(34(4,5)6)42-32(44)48-36(10,11)12/h13-18,27-28H,1-12H3,(H,37,39)(H,38,40)(H,41,43)(H,42,44). The normalized spacial score (nSPS) is 14.2. The van der Waals surface area contributed by atoms with E-state index in [2.05, 4.69) is 30.6 Å². The number of aromatic nitrogens is 4. The zero-order valence-electron chi connectivity index (χ0n) is 30.0. The summed E-state index contributed by atoms with van der Waals surface area (Å²) < 4.78 is 23.5. The second kappa shape index (κ2) is 12.1. The summed E-state index contributed by atoms with van der Waals surface area (Å²) in [6.07, 6.45) is 2.37. The number of fused-ring (bicyclic) bond motifs is 2. The molecule has 4 heterocycles. The zero-order chi connectivity index (χ0) is 35.4. The van der Waals surface area contributed by atoms with Crippen LogP contribution in [0.5, 0.6) is 0 Å². The quantitative estimate of drug-likeness (QED) is 0.140. The molecule has 0 radical (unpaired) electrons. The number of nitrogens with zero attached hydrogens (tertiary/aromatic N) is 2. The molecular weight excluding hydrogens is 612 g/mol. The molecule has 2 unspecified atom stereocenters. The number of hydrogen-bond acceptors (Lipinski definition) is 8. The summed E-state index contributed by atoms with van der Waals surface area (Å²) in [4.78, 5) is 41.1. The van der Waals surface area contributed by atoms with E-state index in [9.17, 15) is 9.59 Å². The fourth-order valence-electron chi connectivity index (χ4n) is 5.30. The van der Waals surface area contributed by atoms with Crippen LogP contribution in [0.15, 0.2) is 45.5 Å². The van der Waals surface area contributed by atoms with Gasteiger partial charge < -0.3 is 38.9 Å². The number of amides is 2. The Morgan fingerprint density at radius 1 is 0.625 bits per heavy atom. The Hall–Kier alpha value is -4.74. The number of imidazole rings is 2. The van der Waals surface area contributed by atoms with Crippen LogP contribution in [0.2, 0.25) is 0 Å². The highest BCUT2D eigenvalue weighted by Gasteiger charge is 2.34. The number of furan rings is 2. The minimum Gasteiger partial charge on any atom is -0.454 e. The molecule has 0 saturated heterocycles. The Morgan fingerprint density at radius 3 is 1.29 bits per heavy atom. The van der Waals surface area contributed by atoms with Crippen molar-refractivity contribution in [2.24, 2.45) is 10.8 Å². The predicted molar refractivity (Wildman–Crippen MR) is 184 cm³/mol. The van der Waals surface area contributed by atoms with E-state index in [4.69, 9.17) is 18.3 Å². The third kappa shape index (κ3) is 8.03. The lowest BCUT2D eigenvalue weighted by Crippen LogP contribution is -2.40. The molecule has 12 nitrogen and oxygen atoms in total. The lowest BCUT2D eigenvalue weighted by Gasteiger charge is -2.31. The van der Waals surface area contributed by atoms with Gasteiger partial charge in [-0.1, -0.05) is 41.5 Å². The Balaban J connectivity index is 1.38. The summed E-state index contributed by atoms with van der Waals surface area (Å²) >= 11 is 0. The van der Waals surface area contributed by atoms with Gasteiger partial charge in [0.15, 0.2) is 11.5 Å². The third-order valence-electron chi connectivity index (χ3n) is 7.48. The average molecular weight is 661 g/mol. The monoisotopic (exact) mass is 660 g/mol. The molecule has 0 aliphatic carbocycles. The summed E-state index contributed by atoms with van der Waals surface area (Å²) in [5.41, 5.74) is 0.784. The van der Waals surface area contributed by atoms with Crippen molar-refractivity contribution in [2.45, 2.75) is 106 Å². The maximum Gasteiger partial charge on any atom is 0.408 e. The Morgan fingerprint density at radius 2 is 0.979 bits per heavy atom. The van der Waals surface area contributed by atoms with Gasteiger partial charge in [0, 0.05) is 10.8 Å². The lowest BCUT2D eigenvalue weighted by atomic mass is 9.86. The average Bonchev–Trinajstić information content (AvgIpc) is 3.70. The second-order valence-corrected chi connectivity index (χ2v) is 16.4. The molecule has 2 amide bonds. The Bertz CT molecular complexity index is 1750. The maximum absolute atomic E-state index is 12.6. The van der Waals surface area contributed by atoms with Gasteiger partial charge in [0.2, 0.25) is 0 Å². The van der Waals surface area contributed by atoms with E-state index in [1.807, 2.05) is 107 Å². The van der Waals surface area contributed by atoms with E-state index < -0.39 is 35.5 Å². The smallest absolute Gasteiger partial charge is 0.408 e. The molecule has 48 heavy (non-hydrogen) atoms. The molecule has 0 spiro atoms. The Kier molecular flexibility index (Phi) is 8.69. The number of rotatable bonds is 6. The van der Waals surface area contributed by atoms with Gasteiger partial charge in [0.25, 0.3) is 0 Å². The van der Waals surface area contributed by atoms with E-state index in [1.54, 1.807) is 12.4 Å². The molecule has 4 aromatic heterocycles. The van der Waals surface area contributed by atoms with Crippen molar-refractivity contribution in [3.8, 4) is 22.9 Å². The first-order valence-corrected chi connectivity index (χ1v) is 16.1. The van der Waals surface area contributed by atoms with Crippen molar-refractivity contribution in [1.29, 1.82) is 0 Å². The number of benzene rings is 1. The number of aromatic amines is 2. The second-order valence-electron chi connectivity index (χ2n) is 16.4. The number of ether oxygens (including phenoxy) is 2. The van der Waals surface area contributed by atoms with Crippen LogP contribution in [-0.4, -0.2) is 43.3 Å². The van der Waals surface area contributed by atoms with Crippen molar-refractivity contribution < 1.29 is 27.9 Å². The van der Waals surface area contributed by atoms with Crippen LogP contribution < -0.4 is 10.6 Å². The van der Waals surface area contributed by atoms with Gasteiger partial charge >= 0.3 is 12.2 Å². The van der Waals surface area contributed by atoms with Gasteiger partial charge in [-0.05, 0) is 76.6 Å². The summed E-state index contributed by atoms with van der Waals surface area (Å²) in [6, 6.07) is 6.85. The minimum atomic E-state index is -0.619. The zero-order valence-corrected chi connectivity index (χ0v) is 30.0. The summed E-state index contributed by atoms with van der Waals surface area (Å²) in [6.45, 7) is 23.1. The van der Waals surface area contributed by atoms with E-state index in [1.165, 1.54) is 0 Å². The molecular formula is C36H48N6O6. The third-order valence-corrected chi connectivity index (χ3v) is 7.48. The molecule has 0 saturated carbocycles. The van der Waals surface area contributed by atoms with Gasteiger partial charge in [0.05, 0.1) is 24.5 Å². The first kappa shape index (κ1) is 34.6. The molecule has 0 aliphatic heterocycles. The van der Waals surface area contributed by atoms with E-state index in [0.29, 0.717) is 45.7 Å².